The highest BCUT2D eigenvalue weighted by atomic mass is 32.2. The molecule has 0 amide bonds. The fourth-order valence-corrected chi connectivity index (χ4v) is 4.35. The van der Waals surface area contributed by atoms with Crippen LogP contribution >= 0.6 is 11.8 Å². The smallest absolute Gasteiger partial charge is 0.174 e. The van der Waals surface area contributed by atoms with Crippen LogP contribution < -0.4 is 4.74 Å². The van der Waals surface area contributed by atoms with Crippen LogP contribution in [0.15, 0.2) is 66.0 Å². The molecule has 0 bridgehead atoms. The summed E-state index contributed by atoms with van der Waals surface area (Å²) in [6, 6.07) is 17.6. The van der Waals surface area contributed by atoms with Gasteiger partial charge >= 0.3 is 0 Å². The Bertz CT molecular complexity index is 1180. The van der Waals surface area contributed by atoms with E-state index in [1.807, 2.05) is 68.4 Å². The van der Waals surface area contributed by atoms with Gasteiger partial charge in [-0.3, -0.25) is 4.79 Å². The highest BCUT2D eigenvalue weighted by Gasteiger charge is 2.17. The molecule has 2 heterocycles. The van der Waals surface area contributed by atoms with Crippen molar-refractivity contribution in [1.29, 1.82) is 0 Å². The van der Waals surface area contributed by atoms with Crippen LogP contribution in [0, 0.1) is 13.8 Å². The topological polar surface area (TPSA) is 57.0 Å². The highest BCUT2D eigenvalue weighted by molar-refractivity contribution is 8.00. The summed E-state index contributed by atoms with van der Waals surface area (Å²) in [6.07, 6.45) is 1.55. The number of aromatic nitrogens is 3. The SMILES string of the molecule is COc1ccc(-n2c(C)cc(C(=O)CSc3ncnc4ccccc34)c2C)cc1. The Morgan fingerprint density at radius 1 is 1.07 bits per heavy atom. The molecule has 29 heavy (non-hydrogen) atoms. The minimum atomic E-state index is 0.0885. The number of nitrogens with zero attached hydrogens (tertiary/aromatic N) is 3. The summed E-state index contributed by atoms with van der Waals surface area (Å²) in [5, 5.41) is 1.80. The van der Waals surface area contributed by atoms with Crippen LogP contribution in [0.4, 0.5) is 0 Å². The average Bonchev–Trinajstić information content (AvgIpc) is 3.06. The van der Waals surface area contributed by atoms with Crippen molar-refractivity contribution in [3.8, 4) is 11.4 Å². The molecule has 0 aliphatic heterocycles. The zero-order chi connectivity index (χ0) is 20.4. The summed E-state index contributed by atoms with van der Waals surface area (Å²) in [5.41, 5.74) is 4.59. The van der Waals surface area contributed by atoms with Crippen molar-refractivity contribution in [2.45, 2.75) is 18.9 Å². The summed E-state index contributed by atoms with van der Waals surface area (Å²) < 4.78 is 7.33. The van der Waals surface area contributed by atoms with E-state index in [9.17, 15) is 4.79 Å². The molecule has 4 rings (SSSR count). The second kappa shape index (κ2) is 8.09. The first-order valence-electron chi connectivity index (χ1n) is 9.27. The quantitative estimate of drug-likeness (QED) is 0.257. The summed E-state index contributed by atoms with van der Waals surface area (Å²) in [7, 11) is 1.65. The van der Waals surface area contributed by atoms with E-state index in [0.717, 1.165) is 44.3 Å². The van der Waals surface area contributed by atoms with Gasteiger partial charge in [-0.15, -0.1) is 0 Å². The molecular weight excluding hydrogens is 382 g/mol. The van der Waals surface area contributed by atoms with Gasteiger partial charge in [0.05, 0.1) is 18.4 Å². The second-order valence-corrected chi connectivity index (χ2v) is 7.69. The molecular formula is C23H21N3O2S. The first kappa shape index (κ1) is 19.2. The lowest BCUT2D eigenvalue weighted by atomic mass is 10.2. The van der Waals surface area contributed by atoms with Gasteiger partial charge in [-0.2, -0.15) is 0 Å². The number of aryl methyl sites for hydroxylation is 1. The van der Waals surface area contributed by atoms with Crippen LogP contribution in [-0.2, 0) is 0 Å². The molecule has 4 aromatic rings. The molecule has 0 fully saturated rings. The number of hydrogen-bond acceptors (Lipinski definition) is 5. The van der Waals surface area contributed by atoms with Crippen molar-refractivity contribution in [3.05, 3.63) is 77.9 Å². The molecule has 0 aliphatic carbocycles. The number of para-hydroxylation sites is 1. The van der Waals surface area contributed by atoms with Crippen LogP contribution in [0.2, 0.25) is 0 Å². The van der Waals surface area contributed by atoms with Crippen LogP contribution in [0.1, 0.15) is 21.7 Å². The fraction of sp³-hybridized carbons (Fsp3) is 0.174. The zero-order valence-corrected chi connectivity index (χ0v) is 17.4. The molecule has 2 aromatic carbocycles. The van der Waals surface area contributed by atoms with Gasteiger partial charge in [0.25, 0.3) is 0 Å². The van der Waals surface area contributed by atoms with Crippen LogP contribution in [-0.4, -0.2) is 33.2 Å². The Morgan fingerprint density at radius 3 is 2.59 bits per heavy atom. The Kier molecular flexibility index (Phi) is 5.36. The molecule has 0 atom stereocenters. The zero-order valence-electron chi connectivity index (χ0n) is 16.5. The number of ether oxygens (including phenoxy) is 1. The Balaban J connectivity index is 1.57. The third-order valence-electron chi connectivity index (χ3n) is 4.91. The molecule has 0 saturated carbocycles. The van der Waals surface area contributed by atoms with E-state index in [1.54, 1.807) is 13.4 Å². The molecule has 0 unspecified atom stereocenters. The Hall–Kier alpha value is -3.12. The third-order valence-corrected chi connectivity index (χ3v) is 5.91. The van der Waals surface area contributed by atoms with Crippen molar-refractivity contribution in [3.63, 3.8) is 0 Å². The van der Waals surface area contributed by atoms with Crippen LogP contribution in [0.25, 0.3) is 16.6 Å². The van der Waals surface area contributed by atoms with Crippen molar-refractivity contribution in [1.82, 2.24) is 14.5 Å². The molecule has 0 radical (unpaired) electrons. The van der Waals surface area contributed by atoms with Gasteiger partial charge < -0.3 is 9.30 Å². The van der Waals surface area contributed by atoms with E-state index >= 15 is 0 Å². The maximum atomic E-state index is 13.0. The van der Waals surface area contributed by atoms with Gasteiger partial charge in [0.2, 0.25) is 0 Å². The number of fused-ring (bicyclic) bond motifs is 1. The molecule has 146 valence electrons. The fourth-order valence-electron chi connectivity index (χ4n) is 3.48. The predicted octanol–water partition coefficient (Wildman–Crippen LogP) is 5.02. The largest absolute Gasteiger partial charge is 0.497 e. The number of Topliss-reactive ketones (excluding diaryl/α,β-unsaturated/α-hetero) is 1. The monoisotopic (exact) mass is 403 g/mol. The van der Waals surface area contributed by atoms with Gasteiger partial charge in [-0.1, -0.05) is 30.0 Å². The summed E-state index contributed by atoms with van der Waals surface area (Å²) in [4.78, 5) is 21.6. The lowest BCUT2D eigenvalue weighted by Gasteiger charge is -2.10. The van der Waals surface area contributed by atoms with Crippen molar-refractivity contribution in [2.75, 3.05) is 12.9 Å². The van der Waals surface area contributed by atoms with Crippen molar-refractivity contribution >= 4 is 28.4 Å². The lowest BCUT2D eigenvalue weighted by Crippen LogP contribution is -2.06. The Morgan fingerprint density at radius 2 is 1.83 bits per heavy atom. The van der Waals surface area contributed by atoms with E-state index in [4.69, 9.17) is 4.74 Å². The summed E-state index contributed by atoms with van der Waals surface area (Å²) >= 11 is 1.45. The highest BCUT2D eigenvalue weighted by Crippen LogP contribution is 2.27. The van der Waals surface area contributed by atoms with Gasteiger partial charge in [-0.25, -0.2) is 9.97 Å². The minimum Gasteiger partial charge on any atom is -0.497 e. The van der Waals surface area contributed by atoms with E-state index in [0.29, 0.717) is 5.75 Å². The van der Waals surface area contributed by atoms with Gasteiger partial charge in [0, 0.05) is 28.0 Å². The molecule has 0 aliphatic rings. The van der Waals surface area contributed by atoms with E-state index in [1.165, 1.54) is 11.8 Å². The Labute approximate surface area is 173 Å². The van der Waals surface area contributed by atoms with E-state index in [2.05, 4.69) is 14.5 Å². The average molecular weight is 404 g/mol. The van der Waals surface area contributed by atoms with E-state index in [-0.39, 0.29) is 5.78 Å². The number of thioether (sulfide) groups is 1. The third kappa shape index (κ3) is 3.76. The molecule has 5 nitrogen and oxygen atoms in total. The first-order chi connectivity index (χ1) is 14.1. The first-order valence-corrected chi connectivity index (χ1v) is 10.3. The van der Waals surface area contributed by atoms with Crippen molar-refractivity contribution in [2.24, 2.45) is 0 Å². The number of carbonyl (C=O) groups is 1. The molecule has 0 N–H and O–H groups in total. The molecule has 2 aromatic heterocycles. The second-order valence-electron chi connectivity index (χ2n) is 6.73. The number of carbonyl (C=O) groups excluding carboxylic acids is 1. The molecule has 0 saturated heterocycles. The standard InChI is InChI=1S/C23H21N3O2S/c1-15-12-20(16(2)26(15)17-8-10-18(28-3)11-9-17)22(27)13-29-23-19-6-4-5-7-21(19)24-14-25-23/h4-12,14H,13H2,1-3H3. The van der Waals surface area contributed by atoms with Crippen LogP contribution in [0.5, 0.6) is 5.75 Å². The number of benzene rings is 2. The number of ketones is 1. The van der Waals surface area contributed by atoms with Gasteiger partial charge in [-0.05, 0) is 50.2 Å². The molecule has 6 heteroatoms. The van der Waals surface area contributed by atoms with E-state index < -0.39 is 0 Å². The predicted molar refractivity (Wildman–Crippen MR) is 116 cm³/mol. The summed E-state index contributed by atoms with van der Waals surface area (Å²) in [5.74, 6) is 1.22. The maximum Gasteiger partial charge on any atom is 0.174 e. The normalized spacial score (nSPS) is 11.0. The number of methoxy groups -OCH3 is 1. The minimum absolute atomic E-state index is 0.0885. The maximum absolute atomic E-state index is 13.0. The van der Waals surface area contributed by atoms with Crippen LogP contribution in [0.3, 0.4) is 0 Å². The number of rotatable bonds is 6. The lowest BCUT2D eigenvalue weighted by molar-refractivity contribution is 0.102. The molecule has 0 spiro atoms. The van der Waals surface area contributed by atoms with Gasteiger partial charge in [0.15, 0.2) is 5.78 Å². The van der Waals surface area contributed by atoms with Gasteiger partial charge in [0.1, 0.15) is 17.1 Å². The summed E-state index contributed by atoms with van der Waals surface area (Å²) in [6.45, 7) is 3.99. The van der Waals surface area contributed by atoms with Crippen molar-refractivity contribution < 1.29 is 9.53 Å². The number of hydrogen-bond donors (Lipinski definition) is 0.